The van der Waals surface area contributed by atoms with Crippen LogP contribution in [0.25, 0.3) is 11.0 Å². The molecular formula is C16H16N4O2. The second-order valence-corrected chi connectivity index (χ2v) is 4.97. The van der Waals surface area contributed by atoms with Crippen LogP contribution in [-0.4, -0.2) is 28.0 Å². The minimum Gasteiger partial charge on any atom is -0.465 e. The number of rotatable bonds is 4. The number of fused-ring (bicyclic) bond motifs is 1. The molecule has 2 N–H and O–H groups in total. The number of carbonyl (C=O) groups excluding carboxylic acids is 1. The summed E-state index contributed by atoms with van der Waals surface area (Å²) >= 11 is 0. The summed E-state index contributed by atoms with van der Waals surface area (Å²) in [7, 11) is 1.35. The fourth-order valence-electron chi connectivity index (χ4n) is 2.22. The number of methoxy groups -OCH3 is 1. The van der Waals surface area contributed by atoms with Crippen LogP contribution in [0.15, 0.2) is 42.9 Å². The molecule has 0 radical (unpaired) electrons. The number of H-pyrrole nitrogens is 1. The van der Waals surface area contributed by atoms with E-state index in [2.05, 4.69) is 31.1 Å². The predicted octanol–water partition coefficient (Wildman–Crippen LogP) is 2.92. The minimum absolute atomic E-state index is 0.0447. The van der Waals surface area contributed by atoms with Crippen molar-refractivity contribution in [3.8, 4) is 0 Å². The first-order valence-corrected chi connectivity index (χ1v) is 6.91. The normalized spacial score (nSPS) is 12.1. The third kappa shape index (κ3) is 2.76. The quantitative estimate of drug-likeness (QED) is 0.724. The highest BCUT2D eigenvalue weighted by Crippen LogP contribution is 2.20. The minimum atomic E-state index is -0.394. The number of aromatic amines is 1. The molecule has 3 aromatic heterocycles. The van der Waals surface area contributed by atoms with Crippen molar-refractivity contribution in [2.45, 2.75) is 13.0 Å². The van der Waals surface area contributed by atoms with E-state index in [0.29, 0.717) is 11.4 Å². The average Bonchev–Trinajstić information content (AvgIpc) is 3.02. The van der Waals surface area contributed by atoms with Crippen LogP contribution in [0.4, 0.5) is 5.82 Å². The number of aromatic nitrogens is 3. The molecular weight excluding hydrogens is 280 g/mol. The van der Waals surface area contributed by atoms with Crippen LogP contribution in [0.1, 0.15) is 28.9 Å². The molecule has 6 heteroatoms. The molecule has 112 valence electrons. The maximum atomic E-state index is 11.4. The van der Waals surface area contributed by atoms with Crippen LogP contribution in [0, 0.1) is 0 Å². The fraction of sp³-hybridized carbons (Fsp3) is 0.188. The van der Waals surface area contributed by atoms with Crippen molar-refractivity contribution in [1.29, 1.82) is 0 Å². The van der Waals surface area contributed by atoms with Gasteiger partial charge in [0.1, 0.15) is 11.5 Å². The van der Waals surface area contributed by atoms with Gasteiger partial charge in [-0.2, -0.15) is 0 Å². The highest BCUT2D eigenvalue weighted by molar-refractivity contribution is 5.89. The Morgan fingerprint density at radius 1 is 1.27 bits per heavy atom. The van der Waals surface area contributed by atoms with Gasteiger partial charge in [0.2, 0.25) is 0 Å². The zero-order valence-electron chi connectivity index (χ0n) is 12.3. The van der Waals surface area contributed by atoms with Crippen LogP contribution < -0.4 is 5.32 Å². The van der Waals surface area contributed by atoms with Gasteiger partial charge >= 0.3 is 5.97 Å². The van der Waals surface area contributed by atoms with Gasteiger partial charge in [-0.1, -0.05) is 0 Å². The first-order valence-electron chi connectivity index (χ1n) is 6.91. The number of hydrogen-bond donors (Lipinski definition) is 2. The average molecular weight is 296 g/mol. The van der Waals surface area contributed by atoms with Crippen molar-refractivity contribution >= 4 is 22.8 Å². The van der Waals surface area contributed by atoms with Gasteiger partial charge in [0.25, 0.3) is 0 Å². The molecule has 0 aliphatic rings. The summed E-state index contributed by atoms with van der Waals surface area (Å²) in [6.45, 7) is 2.03. The van der Waals surface area contributed by atoms with Crippen molar-refractivity contribution < 1.29 is 9.53 Å². The number of esters is 1. The van der Waals surface area contributed by atoms with Gasteiger partial charge in [-0.15, -0.1) is 0 Å². The van der Waals surface area contributed by atoms with Gasteiger partial charge in [-0.25, -0.2) is 14.8 Å². The van der Waals surface area contributed by atoms with Gasteiger partial charge < -0.3 is 15.0 Å². The number of hydrogen-bond acceptors (Lipinski definition) is 5. The van der Waals surface area contributed by atoms with E-state index in [4.69, 9.17) is 0 Å². The second-order valence-electron chi connectivity index (χ2n) is 4.97. The Kier molecular flexibility index (Phi) is 3.74. The number of nitrogens with zero attached hydrogens (tertiary/aromatic N) is 2. The van der Waals surface area contributed by atoms with Crippen LogP contribution in [0.2, 0.25) is 0 Å². The lowest BCUT2D eigenvalue weighted by atomic mass is 10.1. The van der Waals surface area contributed by atoms with Gasteiger partial charge in [-0.05, 0) is 36.8 Å². The summed E-state index contributed by atoms with van der Waals surface area (Å²) in [5, 5.41) is 4.36. The smallest absolute Gasteiger partial charge is 0.339 e. The molecule has 6 nitrogen and oxygen atoms in total. The maximum Gasteiger partial charge on any atom is 0.339 e. The maximum absolute atomic E-state index is 11.4. The van der Waals surface area contributed by atoms with E-state index in [9.17, 15) is 4.79 Å². The topological polar surface area (TPSA) is 79.9 Å². The number of ether oxygens (including phenoxy) is 1. The summed E-state index contributed by atoms with van der Waals surface area (Å²) in [5.41, 5.74) is 2.36. The molecule has 1 atom stereocenters. The Morgan fingerprint density at radius 2 is 2.14 bits per heavy atom. The number of pyridine rings is 2. The van der Waals surface area contributed by atoms with E-state index in [1.54, 1.807) is 12.1 Å². The highest BCUT2D eigenvalue weighted by Gasteiger charge is 2.10. The lowest BCUT2D eigenvalue weighted by Crippen LogP contribution is -2.09. The Morgan fingerprint density at radius 3 is 2.86 bits per heavy atom. The predicted molar refractivity (Wildman–Crippen MR) is 83.7 cm³/mol. The van der Waals surface area contributed by atoms with Gasteiger partial charge in [0, 0.05) is 24.0 Å². The van der Waals surface area contributed by atoms with Crippen LogP contribution in [0.3, 0.4) is 0 Å². The molecule has 0 aliphatic heterocycles. The Labute approximate surface area is 127 Å². The standard InChI is InChI=1S/C16H16N4O2/c1-10(13-7-11-5-6-17-15(11)19-9-13)20-14-4-3-12(8-18-14)16(21)22-2/h3-10H,1-2H3,(H,17,19)(H,18,20)/t10-/m0/s1. The lowest BCUT2D eigenvalue weighted by molar-refractivity contribution is 0.0600. The van der Waals surface area contributed by atoms with Crippen molar-refractivity contribution in [2.75, 3.05) is 12.4 Å². The monoisotopic (exact) mass is 296 g/mol. The molecule has 0 fully saturated rings. The number of carbonyl (C=O) groups is 1. The van der Waals surface area contributed by atoms with E-state index in [0.717, 1.165) is 16.6 Å². The Balaban J connectivity index is 1.75. The van der Waals surface area contributed by atoms with E-state index in [-0.39, 0.29) is 6.04 Å². The van der Waals surface area contributed by atoms with Crippen molar-refractivity contribution in [3.63, 3.8) is 0 Å². The first kappa shape index (κ1) is 14.1. The largest absolute Gasteiger partial charge is 0.465 e. The van der Waals surface area contributed by atoms with Crippen molar-refractivity contribution in [1.82, 2.24) is 15.0 Å². The second kappa shape index (κ2) is 5.85. The van der Waals surface area contributed by atoms with Gasteiger partial charge in [0.15, 0.2) is 0 Å². The molecule has 3 aromatic rings. The molecule has 0 aromatic carbocycles. The molecule has 0 unspecified atom stereocenters. The third-order valence-corrected chi connectivity index (χ3v) is 3.47. The zero-order chi connectivity index (χ0) is 15.5. The first-order chi connectivity index (χ1) is 10.7. The molecule has 0 amide bonds. The van der Waals surface area contributed by atoms with Crippen molar-refractivity contribution in [2.24, 2.45) is 0 Å². The van der Waals surface area contributed by atoms with E-state index >= 15 is 0 Å². The molecule has 0 aliphatic carbocycles. The van der Waals surface area contributed by atoms with Gasteiger partial charge in [0.05, 0.1) is 18.7 Å². The van der Waals surface area contributed by atoms with E-state index < -0.39 is 5.97 Å². The highest BCUT2D eigenvalue weighted by atomic mass is 16.5. The van der Waals surface area contributed by atoms with Crippen LogP contribution in [-0.2, 0) is 4.74 Å². The summed E-state index contributed by atoms with van der Waals surface area (Å²) in [6, 6.07) is 7.55. The van der Waals surface area contributed by atoms with Gasteiger partial charge in [-0.3, -0.25) is 0 Å². The summed E-state index contributed by atoms with van der Waals surface area (Å²) < 4.78 is 4.65. The van der Waals surface area contributed by atoms with E-state index in [1.165, 1.54) is 13.3 Å². The molecule has 22 heavy (non-hydrogen) atoms. The third-order valence-electron chi connectivity index (χ3n) is 3.47. The number of anilines is 1. The molecule has 0 saturated carbocycles. The summed E-state index contributed by atoms with van der Waals surface area (Å²) in [5.74, 6) is 0.295. The summed E-state index contributed by atoms with van der Waals surface area (Å²) in [4.78, 5) is 23.0. The van der Waals surface area contributed by atoms with Crippen molar-refractivity contribution in [3.05, 3.63) is 54.0 Å². The molecule has 0 saturated heterocycles. The summed E-state index contributed by atoms with van der Waals surface area (Å²) in [6.07, 6.45) is 5.19. The van der Waals surface area contributed by atoms with Crippen LogP contribution in [0.5, 0.6) is 0 Å². The Hall–Kier alpha value is -2.89. The Bertz CT molecular complexity index is 795. The zero-order valence-corrected chi connectivity index (χ0v) is 12.3. The molecule has 0 bridgehead atoms. The molecule has 3 heterocycles. The fourth-order valence-corrected chi connectivity index (χ4v) is 2.22. The lowest BCUT2D eigenvalue weighted by Gasteiger charge is -2.14. The van der Waals surface area contributed by atoms with Crippen LogP contribution >= 0.6 is 0 Å². The molecule has 3 rings (SSSR count). The number of nitrogens with one attached hydrogen (secondary N) is 2. The SMILES string of the molecule is COC(=O)c1ccc(N[C@@H](C)c2cnc3[nH]ccc3c2)nc1. The molecule has 0 spiro atoms. The van der Waals surface area contributed by atoms with E-state index in [1.807, 2.05) is 25.4 Å².